The summed E-state index contributed by atoms with van der Waals surface area (Å²) in [4.78, 5) is 12.9. The highest BCUT2D eigenvalue weighted by atomic mass is 35.5. The molecule has 0 spiro atoms. The lowest BCUT2D eigenvalue weighted by Gasteiger charge is -2.26. The molecule has 5 nitrogen and oxygen atoms in total. The highest BCUT2D eigenvalue weighted by Gasteiger charge is 2.23. The van der Waals surface area contributed by atoms with Crippen molar-refractivity contribution < 1.29 is 13.2 Å². The van der Waals surface area contributed by atoms with Gasteiger partial charge >= 0.3 is 0 Å². The van der Waals surface area contributed by atoms with Crippen molar-refractivity contribution in [2.45, 2.75) is 31.8 Å². The zero-order valence-electron chi connectivity index (χ0n) is 17.8. The molecule has 3 aromatic carbocycles. The molecule has 0 aromatic heterocycles. The molecule has 0 radical (unpaired) electrons. The van der Waals surface area contributed by atoms with E-state index in [1.54, 1.807) is 48.5 Å². The number of halogens is 1. The molecule has 166 valence electrons. The minimum Gasteiger partial charge on any atom is -0.345 e. The van der Waals surface area contributed by atoms with Gasteiger partial charge in [0.1, 0.15) is 0 Å². The highest BCUT2D eigenvalue weighted by Crippen LogP contribution is 2.30. The molecular formula is C25H25ClN2O3S. The Labute approximate surface area is 194 Å². The van der Waals surface area contributed by atoms with Crippen LogP contribution in [0, 0.1) is 0 Å². The van der Waals surface area contributed by atoms with Gasteiger partial charge in [-0.25, -0.2) is 8.42 Å². The first-order valence-corrected chi connectivity index (χ1v) is 12.7. The maximum atomic E-state index is 12.9. The predicted molar refractivity (Wildman–Crippen MR) is 129 cm³/mol. The second-order valence-electron chi connectivity index (χ2n) is 8.06. The largest absolute Gasteiger partial charge is 0.345 e. The molecule has 0 saturated carbocycles. The third kappa shape index (κ3) is 5.14. The third-order valence-electron chi connectivity index (χ3n) is 5.73. The fourth-order valence-electron chi connectivity index (χ4n) is 4.08. The molecule has 1 N–H and O–H groups in total. The standard InChI is InChI=1S/C25H25ClN2O3S/c1-32(30,31)28(17-18-9-13-21(26)14-10-18)22-15-11-20(12-16-22)25(29)27-24-8-4-6-19-5-2-3-7-23(19)24/h2-3,5,7,9-16,24H,4,6,8,17H2,1H3,(H,27,29)/t24-/m1/s1. The quantitative estimate of drug-likeness (QED) is 0.546. The van der Waals surface area contributed by atoms with Crippen LogP contribution in [0.4, 0.5) is 5.69 Å². The summed E-state index contributed by atoms with van der Waals surface area (Å²) < 4.78 is 26.2. The third-order valence-corrected chi connectivity index (χ3v) is 7.12. The van der Waals surface area contributed by atoms with Crippen molar-refractivity contribution in [1.82, 2.24) is 5.32 Å². The summed E-state index contributed by atoms with van der Waals surface area (Å²) in [7, 11) is -3.52. The Kier molecular flexibility index (Phi) is 6.53. The molecule has 1 atom stereocenters. The number of fused-ring (bicyclic) bond motifs is 1. The van der Waals surface area contributed by atoms with Crippen LogP contribution >= 0.6 is 11.6 Å². The van der Waals surface area contributed by atoms with Crippen molar-refractivity contribution in [3.05, 3.63) is 100 Å². The predicted octanol–water partition coefficient (Wildman–Crippen LogP) is 5.11. The van der Waals surface area contributed by atoms with Gasteiger partial charge in [-0.05, 0) is 72.4 Å². The van der Waals surface area contributed by atoms with Crippen molar-refractivity contribution in [2.24, 2.45) is 0 Å². The molecule has 0 saturated heterocycles. The zero-order chi connectivity index (χ0) is 22.7. The van der Waals surface area contributed by atoms with E-state index >= 15 is 0 Å². The van der Waals surface area contributed by atoms with Gasteiger partial charge in [0.2, 0.25) is 10.0 Å². The van der Waals surface area contributed by atoms with Crippen LogP contribution in [0.3, 0.4) is 0 Å². The number of rotatable bonds is 6. The second kappa shape index (κ2) is 9.35. The first kappa shape index (κ1) is 22.4. The molecule has 0 unspecified atom stereocenters. The van der Waals surface area contributed by atoms with Crippen LogP contribution in [0.25, 0.3) is 0 Å². The van der Waals surface area contributed by atoms with E-state index in [-0.39, 0.29) is 18.5 Å². The van der Waals surface area contributed by atoms with E-state index in [1.165, 1.54) is 21.7 Å². The van der Waals surface area contributed by atoms with E-state index in [0.717, 1.165) is 24.8 Å². The van der Waals surface area contributed by atoms with Gasteiger partial charge in [-0.15, -0.1) is 0 Å². The Morgan fingerprint density at radius 3 is 2.41 bits per heavy atom. The number of sulfonamides is 1. The monoisotopic (exact) mass is 468 g/mol. The molecule has 1 aliphatic carbocycles. The normalized spacial score (nSPS) is 15.6. The Bertz CT molecular complexity index is 1210. The van der Waals surface area contributed by atoms with Crippen LogP contribution in [0.5, 0.6) is 0 Å². The second-order valence-corrected chi connectivity index (χ2v) is 10.4. The SMILES string of the molecule is CS(=O)(=O)N(Cc1ccc(Cl)cc1)c1ccc(C(=O)N[C@@H]2CCCc3ccccc32)cc1. The van der Waals surface area contributed by atoms with E-state index < -0.39 is 10.0 Å². The number of nitrogens with one attached hydrogen (secondary N) is 1. The molecule has 0 aliphatic heterocycles. The molecule has 1 aliphatic rings. The molecular weight excluding hydrogens is 444 g/mol. The minimum atomic E-state index is -3.52. The average Bonchev–Trinajstić information content (AvgIpc) is 2.78. The summed E-state index contributed by atoms with van der Waals surface area (Å²) in [6.45, 7) is 0.181. The first-order valence-electron chi connectivity index (χ1n) is 10.5. The summed E-state index contributed by atoms with van der Waals surface area (Å²) in [6, 6.07) is 21.9. The van der Waals surface area contributed by atoms with E-state index in [4.69, 9.17) is 11.6 Å². The Morgan fingerprint density at radius 2 is 1.72 bits per heavy atom. The van der Waals surface area contributed by atoms with Gasteiger partial charge in [0.25, 0.3) is 5.91 Å². The highest BCUT2D eigenvalue weighted by molar-refractivity contribution is 7.92. The van der Waals surface area contributed by atoms with Crippen LogP contribution in [-0.2, 0) is 23.0 Å². The summed E-state index contributed by atoms with van der Waals surface area (Å²) in [5.74, 6) is -0.165. The van der Waals surface area contributed by atoms with Gasteiger partial charge < -0.3 is 5.32 Å². The number of carbonyl (C=O) groups excluding carboxylic acids is 1. The number of amides is 1. The lowest BCUT2D eigenvalue weighted by molar-refractivity contribution is 0.0932. The maximum absolute atomic E-state index is 12.9. The van der Waals surface area contributed by atoms with Crippen LogP contribution in [-0.4, -0.2) is 20.6 Å². The van der Waals surface area contributed by atoms with E-state index in [0.29, 0.717) is 16.3 Å². The molecule has 0 fully saturated rings. The topological polar surface area (TPSA) is 66.5 Å². The maximum Gasteiger partial charge on any atom is 0.251 e. The van der Waals surface area contributed by atoms with Gasteiger partial charge in [0.15, 0.2) is 0 Å². The number of nitrogens with zero attached hydrogens (tertiary/aromatic N) is 1. The number of carbonyl (C=O) groups is 1. The minimum absolute atomic E-state index is 0.00968. The number of aryl methyl sites for hydroxylation is 1. The summed E-state index contributed by atoms with van der Waals surface area (Å²) in [5.41, 5.74) is 4.27. The van der Waals surface area contributed by atoms with Crippen LogP contribution in [0.2, 0.25) is 5.02 Å². The zero-order valence-corrected chi connectivity index (χ0v) is 19.4. The first-order chi connectivity index (χ1) is 15.3. The van der Waals surface area contributed by atoms with Gasteiger partial charge in [0, 0.05) is 10.6 Å². The molecule has 7 heteroatoms. The van der Waals surface area contributed by atoms with Gasteiger partial charge in [-0.2, -0.15) is 0 Å². The Morgan fingerprint density at radius 1 is 1.03 bits per heavy atom. The van der Waals surface area contributed by atoms with Gasteiger partial charge in [-0.1, -0.05) is 48.0 Å². The van der Waals surface area contributed by atoms with Crippen LogP contribution in [0.1, 0.15) is 45.9 Å². The fraction of sp³-hybridized carbons (Fsp3) is 0.240. The van der Waals surface area contributed by atoms with Crippen molar-refractivity contribution in [1.29, 1.82) is 0 Å². The lowest BCUT2D eigenvalue weighted by Crippen LogP contribution is -2.31. The fourth-order valence-corrected chi connectivity index (χ4v) is 5.09. The molecule has 1 amide bonds. The number of hydrogen-bond donors (Lipinski definition) is 1. The van der Waals surface area contributed by atoms with E-state index in [2.05, 4.69) is 17.4 Å². The Balaban J connectivity index is 1.51. The molecule has 0 bridgehead atoms. The van der Waals surface area contributed by atoms with E-state index in [1.807, 2.05) is 12.1 Å². The lowest BCUT2D eigenvalue weighted by atomic mass is 9.87. The molecule has 0 heterocycles. The summed E-state index contributed by atoms with van der Waals surface area (Å²) >= 11 is 5.93. The summed E-state index contributed by atoms with van der Waals surface area (Å²) in [6.07, 6.45) is 4.15. The van der Waals surface area contributed by atoms with Crippen molar-refractivity contribution >= 4 is 33.2 Å². The van der Waals surface area contributed by atoms with E-state index in [9.17, 15) is 13.2 Å². The van der Waals surface area contributed by atoms with Gasteiger partial charge in [-0.3, -0.25) is 9.10 Å². The van der Waals surface area contributed by atoms with Gasteiger partial charge in [0.05, 0.1) is 24.5 Å². The van der Waals surface area contributed by atoms with Crippen molar-refractivity contribution in [3.63, 3.8) is 0 Å². The summed E-state index contributed by atoms with van der Waals surface area (Å²) in [5, 5.41) is 3.73. The molecule has 4 rings (SSSR count). The molecule has 3 aromatic rings. The van der Waals surface area contributed by atoms with Crippen molar-refractivity contribution in [2.75, 3.05) is 10.6 Å². The molecule has 32 heavy (non-hydrogen) atoms. The van der Waals surface area contributed by atoms with Crippen molar-refractivity contribution in [3.8, 4) is 0 Å². The number of benzene rings is 3. The number of anilines is 1. The Hall–Kier alpha value is -2.83. The smallest absolute Gasteiger partial charge is 0.251 e. The van der Waals surface area contributed by atoms with Crippen LogP contribution < -0.4 is 9.62 Å². The average molecular weight is 469 g/mol. The number of hydrogen-bond acceptors (Lipinski definition) is 3. The van der Waals surface area contributed by atoms with Crippen LogP contribution in [0.15, 0.2) is 72.8 Å².